The average Bonchev–Trinajstić information content (AvgIpc) is 3.00. The number of carbonyl (C=O) groups excluding carboxylic acids is 1. The molecule has 5 nitrogen and oxygen atoms in total. The standard InChI is InChI=1S/C17H20N4O/c1-13-18-9-10-21(13)16-11-14(7-8-19-16)12-20-17(22)15-5-3-2-4-6-15/h2-3,7-11,15H,4-6,12H2,1H3,(H,20,22)/t15-/m1/s1. The second kappa shape index (κ2) is 6.56. The third kappa shape index (κ3) is 3.24. The summed E-state index contributed by atoms with van der Waals surface area (Å²) in [4.78, 5) is 20.7. The van der Waals surface area contributed by atoms with Crippen molar-refractivity contribution in [3.63, 3.8) is 0 Å². The van der Waals surface area contributed by atoms with E-state index in [4.69, 9.17) is 0 Å². The number of aryl methyl sites for hydroxylation is 1. The molecule has 1 N–H and O–H groups in total. The van der Waals surface area contributed by atoms with Crippen molar-refractivity contribution in [3.05, 3.63) is 54.3 Å². The fourth-order valence-electron chi connectivity index (χ4n) is 2.69. The molecule has 0 bridgehead atoms. The first kappa shape index (κ1) is 14.5. The first-order valence-electron chi connectivity index (χ1n) is 7.62. The van der Waals surface area contributed by atoms with Crippen LogP contribution in [-0.4, -0.2) is 20.4 Å². The highest BCUT2D eigenvalue weighted by Crippen LogP contribution is 2.18. The third-order valence-corrected chi connectivity index (χ3v) is 3.99. The molecular formula is C17H20N4O. The van der Waals surface area contributed by atoms with Gasteiger partial charge in [-0.15, -0.1) is 0 Å². The zero-order valence-corrected chi connectivity index (χ0v) is 12.7. The van der Waals surface area contributed by atoms with E-state index in [2.05, 4.69) is 27.4 Å². The van der Waals surface area contributed by atoms with E-state index in [1.54, 1.807) is 12.4 Å². The van der Waals surface area contributed by atoms with Crippen LogP contribution in [0.1, 0.15) is 30.7 Å². The van der Waals surface area contributed by atoms with Crippen LogP contribution in [0.5, 0.6) is 0 Å². The Morgan fingerprint density at radius 3 is 3.00 bits per heavy atom. The molecule has 1 aliphatic rings. The SMILES string of the molecule is Cc1nccn1-c1cc(CNC(=O)[C@@H]2CC=CCC2)ccn1. The monoisotopic (exact) mass is 296 g/mol. The van der Waals surface area contributed by atoms with Crippen molar-refractivity contribution in [1.29, 1.82) is 0 Å². The van der Waals surface area contributed by atoms with Crippen LogP contribution in [0.3, 0.4) is 0 Å². The number of imidazole rings is 1. The number of nitrogens with zero attached hydrogens (tertiary/aromatic N) is 3. The van der Waals surface area contributed by atoms with Crippen LogP contribution in [0.15, 0.2) is 42.9 Å². The van der Waals surface area contributed by atoms with Gasteiger partial charge in [-0.1, -0.05) is 12.2 Å². The van der Waals surface area contributed by atoms with E-state index in [0.29, 0.717) is 6.54 Å². The summed E-state index contributed by atoms with van der Waals surface area (Å²) in [5, 5.41) is 3.03. The van der Waals surface area contributed by atoms with Crippen molar-refractivity contribution in [3.8, 4) is 5.82 Å². The molecule has 0 fully saturated rings. The van der Waals surface area contributed by atoms with Crippen molar-refractivity contribution >= 4 is 5.91 Å². The quantitative estimate of drug-likeness (QED) is 0.882. The van der Waals surface area contributed by atoms with Crippen molar-refractivity contribution in [2.24, 2.45) is 5.92 Å². The summed E-state index contributed by atoms with van der Waals surface area (Å²) in [7, 11) is 0. The highest BCUT2D eigenvalue weighted by Gasteiger charge is 2.18. The van der Waals surface area contributed by atoms with Crippen LogP contribution in [0.4, 0.5) is 0 Å². The Bertz CT molecular complexity index is 689. The minimum Gasteiger partial charge on any atom is -0.352 e. The van der Waals surface area contributed by atoms with E-state index in [1.165, 1.54) is 0 Å². The molecule has 0 saturated carbocycles. The number of rotatable bonds is 4. The Kier molecular flexibility index (Phi) is 4.32. The molecule has 2 aromatic heterocycles. The lowest BCUT2D eigenvalue weighted by molar-refractivity contribution is -0.125. The number of aromatic nitrogens is 3. The second-order valence-electron chi connectivity index (χ2n) is 5.57. The van der Waals surface area contributed by atoms with E-state index < -0.39 is 0 Å². The molecular weight excluding hydrogens is 276 g/mol. The molecule has 3 rings (SSSR count). The number of allylic oxidation sites excluding steroid dienone is 2. The van der Waals surface area contributed by atoms with Gasteiger partial charge < -0.3 is 5.32 Å². The highest BCUT2D eigenvalue weighted by atomic mass is 16.1. The smallest absolute Gasteiger partial charge is 0.223 e. The van der Waals surface area contributed by atoms with E-state index in [1.807, 2.05) is 29.8 Å². The van der Waals surface area contributed by atoms with Crippen LogP contribution in [0.2, 0.25) is 0 Å². The predicted molar refractivity (Wildman–Crippen MR) is 84.4 cm³/mol. The minimum absolute atomic E-state index is 0.113. The lowest BCUT2D eigenvalue weighted by atomic mass is 9.93. The van der Waals surface area contributed by atoms with Gasteiger partial charge in [0.25, 0.3) is 0 Å². The first-order chi connectivity index (χ1) is 10.7. The van der Waals surface area contributed by atoms with Gasteiger partial charge in [-0.2, -0.15) is 0 Å². The largest absolute Gasteiger partial charge is 0.352 e. The van der Waals surface area contributed by atoms with E-state index in [9.17, 15) is 4.79 Å². The fourth-order valence-corrected chi connectivity index (χ4v) is 2.69. The molecule has 2 heterocycles. The molecule has 0 aromatic carbocycles. The maximum absolute atomic E-state index is 12.2. The topological polar surface area (TPSA) is 59.8 Å². The van der Waals surface area contributed by atoms with Gasteiger partial charge in [0.15, 0.2) is 0 Å². The van der Waals surface area contributed by atoms with Crippen LogP contribution in [0, 0.1) is 12.8 Å². The van der Waals surface area contributed by atoms with Crippen molar-refractivity contribution in [2.75, 3.05) is 0 Å². The zero-order valence-electron chi connectivity index (χ0n) is 12.7. The van der Waals surface area contributed by atoms with Gasteiger partial charge in [0.05, 0.1) is 0 Å². The third-order valence-electron chi connectivity index (χ3n) is 3.99. The predicted octanol–water partition coefficient (Wildman–Crippen LogP) is 2.55. The van der Waals surface area contributed by atoms with Crippen LogP contribution >= 0.6 is 0 Å². The molecule has 0 radical (unpaired) electrons. The van der Waals surface area contributed by atoms with Crippen molar-refractivity contribution < 1.29 is 4.79 Å². The molecule has 0 spiro atoms. The fraction of sp³-hybridized carbons (Fsp3) is 0.353. The van der Waals surface area contributed by atoms with Crippen LogP contribution in [-0.2, 0) is 11.3 Å². The van der Waals surface area contributed by atoms with Gasteiger partial charge in [0, 0.05) is 31.1 Å². The number of amides is 1. The Hall–Kier alpha value is -2.43. The molecule has 1 aliphatic carbocycles. The highest BCUT2D eigenvalue weighted by molar-refractivity contribution is 5.78. The van der Waals surface area contributed by atoms with Gasteiger partial charge in [0.2, 0.25) is 5.91 Å². The number of nitrogens with one attached hydrogen (secondary N) is 1. The number of carbonyl (C=O) groups is 1. The van der Waals surface area contributed by atoms with Crippen molar-refractivity contribution in [2.45, 2.75) is 32.7 Å². The van der Waals surface area contributed by atoms with Gasteiger partial charge in [-0.3, -0.25) is 9.36 Å². The van der Waals surface area contributed by atoms with E-state index >= 15 is 0 Å². The molecule has 22 heavy (non-hydrogen) atoms. The van der Waals surface area contributed by atoms with E-state index in [-0.39, 0.29) is 11.8 Å². The summed E-state index contributed by atoms with van der Waals surface area (Å²) in [6.07, 6.45) is 12.4. The molecule has 1 atom stereocenters. The zero-order chi connectivity index (χ0) is 15.4. The molecule has 1 amide bonds. The summed E-state index contributed by atoms with van der Waals surface area (Å²) in [6.45, 7) is 2.47. The maximum Gasteiger partial charge on any atom is 0.223 e. The molecule has 0 aliphatic heterocycles. The van der Waals surface area contributed by atoms with Gasteiger partial charge in [-0.25, -0.2) is 9.97 Å². The number of pyridine rings is 1. The molecule has 114 valence electrons. The van der Waals surface area contributed by atoms with E-state index in [0.717, 1.165) is 36.5 Å². The second-order valence-corrected chi connectivity index (χ2v) is 5.57. The maximum atomic E-state index is 12.2. The minimum atomic E-state index is 0.113. The Balaban J connectivity index is 1.65. The van der Waals surface area contributed by atoms with Gasteiger partial charge >= 0.3 is 0 Å². The lowest BCUT2D eigenvalue weighted by Gasteiger charge is -2.17. The molecule has 0 saturated heterocycles. The van der Waals surface area contributed by atoms with Crippen LogP contribution in [0.25, 0.3) is 5.82 Å². The normalized spacial score (nSPS) is 17.4. The summed E-state index contributed by atoms with van der Waals surface area (Å²) < 4.78 is 1.93. The molecule has 5 heteroatoms. The van der Waals surface area contributed by atoms with Crippen LogP contribution < -0.4 is 5.32 Å². The van der Waals surface area contributed by atoms with Crippen molar-refractivity contribution in [1.82, 2.24) is 19.9 Å². The Labute approximate surface area is 130 Å². The summed E-state index contributed by atoms with van der Waals surface area (Å²) in [5.41, 5.74) is 1.04. The Morgan fingerprint density at radius 1 is 1.36 bits per heavy atom. The summed E-state index contributed by atoms with van der Waals surface area (Å²) in [6, 6.07) is 3.91. The average molecular weight is 296 g/mol. The summed E-state index contributed by atoms with van der Waals surface area (Å²) >= 11 is 0. The first-order valence-corrected chi connectivity index (χ1v) is 7.62. The lowest BCUT2D eigenvalue weighted by Crippen LogP contribution is -2.30. The molecule has 0 unspecified atom stereocenters. The van der Waals surface area contributed by atoms with Gasteiger partial charge in [0.1, 0.15) is 11.6 Å². The Morgan fingerprint density at radius 2 is 2.27 bits per heavy atom. The molecule has 2 aromatic rings. The van der Waals surface area contributed by atoms with Gasteiger partial charge in [-0.05, 0) is 43.9 Å². The number of hydrogen-bond acceptors (Lipinski definition) is 3. The number of hydrogen-bond donors (Lipinski definition) is 1. The summed E-state index contributed by atoms with van der Waals surface area (Å²) in [5.74, 6) is 1.97.